The van der Waals surface area contributed by atoms with Gasteiger partial charge < -0.3 is 14.9 Å². The molecule has 4 aromatic rings. The van der Waals surface area contributed by atoms with E-state index in [1.807, 2.05) is 12.1 Å². The van der Waals surface area contributed by atoms with Gasteiger partial charge in [-0.3, -0.25) is 4.79 Å². The predicted molar refractivity (Wildman–Crippen MR) is 127 cm³/mol. The van der Waals surface area contributed by atoms with Gasteiger partial charge in [-0.05, 0) is 87.5 Å². The molecule has 0 amide bonds. The van der Waals surface area contributed by atoms with Crippen molar-refractivity contribution in [1.29, 1.82) is 5.26 Å². The lowest BCUT2D eigenvalue weighted by atomic mass is 9.85. The highest BCUT2D eigenvalue weighted by Crippen LogP contribution is 2.34. The fourth-order valence-electron chi connectivity index (χ4n) is 5.30. The van der Waals surface area contributed by atoms with Gasteiger partial charge in [-0.2, -0.15) is 5.26 Å². The van der Waals surface area contributed by atoms with E-state index in [2.05, 4.69) is 53.8 Å². The minimum Gasteiger partial charge on any atom is -0.340 e. The van der Waals surface area contributed by atoms with Crippen LogP contribution in [0.4, 0.5) is 0 Å². The first-order valence-corrected chi connectivity index (χ1v) is 11.3. The van der Waals surface area contributed by atoms with Crippen molar-refractivity contribution in [2.75, 3.05) is 13.1 Å². The number of nitrogens with zero attached hydrogens (tertiary/aromatic N) is 2. The van der Waals surface area contributed by atoms with Gasteiger partial charge in [-0.15, -0.1) is 0 Å². The number of H-pyrrole nitrogens is 1. The van der Waals surface area contributed by atoms with Crippen LogP contribution in [-0.2, 0) is 6.42 Å². The van der Waals surface area contributed by atoms with Crippen LogP contribution >= 0.6 is 0 Å². The van der Waals surface area contributed by atoms with Crippen molar-refractivity contribution in [3.05, 3.63) is 57.2 Å². The second-order valence-electron chi connectivity index (χ2n) is 8.96. The molecule has 1 aliphatic heterocycles. The lowest BCUT2D eigenvalue weighted by Crippen LogP contribution is -2.27. The highest BCUT2D eigenvalue weighted by molar-refractivity contribution is 6.10. The summed E-state index contributed by atoms with van der Waals surface area (Å²) >= 11 is 0. The standard InChI is InChI=1S/C26H28N4O/c1-4-17-12-21-23(13-20(17)18-7-9-28-10-8-18)30(15(2)3)26-24(25(21)31)19-6-5-16(14-27)11-22(19)29-26/h5-6,11-13,15,18,28-29H,4,7-10H2,1-3H3. The molecule has 1 aliphatic rings. The normalized spacial score (nSPS) is 15.3. The first-order valence-electron chi connectivity index (χ1n) is 11.3. The monoisotopic (exact) mass is 412 g/mol. The van der Waals surface area contributed by atoms with Crippen LogP contribution in [0.1, 0.15) is 62.3 Å². The molecule has 0 atom stereocenters. The molecule has 5 rings (SSSR count). The Hall–Kier alpha value is -3.10. The Morgan fingerprint density at radius 3 is 2.61 bits per heavy atom. The Morgan fingerprint density at radius 2 is 1.94 bits per heavy atom. The smallest absolute Gasteiger partial charge is 0.199 e. The molecule has 2 aromatic carbocycles. The van der Waals surface area contributed by atoms with Crippen molar-refractivity contribution < 1.29 is 0 Å². The molecule has 1 fully saturated rings. The maximum Gasteiger partial charge on any atom is 0.199 e. The van der Waals surface area contributed by atoms with Gasteiger partial charge in [0.05, 0.1) is 22.5 Å². The Morgan fingerprint density at radius 1 is 1.16 bits per heavy atom. The third-order valence-corrected chi connectivity index (χ3v) is 6.81. The van der Waals surface area contributed by atoms with E-state index in [0.29, 0.717) is 11.5 Å². The minimum atomic E-state index is 0.0735. The molecule has 2 N–H and O–H groups in total. The lowest BCUT2D eigenvalue weighted by molar-refractivity contribution is 0.458. The molecule has 3 heterocycles. The summed E-state index contributed by atoms with van der Waals surface area (Å²) in [6.45, 7) is 8.59. The van der Waals surface area contributed by atoms with Gasteiger partial charge in [-0.1, -0.05) is 13.0 Å². The molecular weight excluding hydrogens is 384 g/mol. The zero-order chi connectivity index (χ0) is 21.7. The molecule has 158 valence electrons. The van der Waals surface area contributed by atoms with Crippen molar-refractivity contribution >= 4 is 32.8 Å². The Kier molecular flexibility index (Phi) is 4.83. The number of aromatic amines is 1. The Labute approximate surface area is 181 Å². The topological polar surface area (TPSA) is 73.6 Å². The van der Waals surface area contributed by atoms with E-state index in [0.717, 1.165) is 65.2 Å². The van der Waals surface area contributed by atoms with Crippen molar-refractivity contribution in [2.24, 2.45) is 0 Å². The minimum absolute atomic E-state index is 0.0735. The summed E-state index contributed by atoms with van der Waals surface area (Å²) in [4.78, 5) is 17.2. The number of piperidine rings is 1. The number of aryl methyl sites for hydroxylation is 1. The van der Waals surface area contributed by atoms with E-state index in [9.17, 15) is 10.1 Å². The Balaban J connectivity index is 1.91. The quantitative estimate of drug-likeness (QED) is 0.491. The highest BCUT2D eigenvalue weighted by Gasteiger charge is 2.23. The van der Waals surface area contributed by atoms with Gasteiger partial charge >= 0.3 is 0 Å². The number of aromatic nitrogens is 2. The van der Waals surface area contributed by atoms with Crippen molar-refractivity contribution in [3.63, 3.8) is 0 Å². The van der Waals surface area contributed by atoms with Crippen LogP contribution in [0.15, 0.2) is 35.1 Å². The zero-order valence-electron chi connectivity index (χ0n) is 18.4. The summed E-state index contributed by atoms with van der Waals surface area (Å²) < 4.78 is 2.27. The van der Waals surface area contributed by atoms with E-state index in [-0.39, 0.29) is 11.5 Å². The van der Waals surface area contributed by atoms with E-state index in [1.54, 1.807) is 6.07 Å². The van der Waals surface area contributed by atoms with Crippen LogP contribution in [0.3, 0.4) is 0 Å². The van der Waals surface area contributed by atoms with Crippen molar-refractivity contribution in [1.82, 2.24) is 14.9 Å². The van der Waals surface area contributed by atoms with Crippen LogP contribution in [0.5, 0.6) is 0 Å². The number of nitriles is 1. The average molecular weight is 413 g/mol. The fraction of sp³-hybridized carbons (Fsp3) is 0.385. The van der Waals surface area contributed by atoms with Crippen molar-refractivity contribution in [3.8, 4) is 6.07 Å². The highest BCUT2D eigenvalue weighted by atomic mass is 16.1. The predicted octanol–water partition coefficient (Wildman–Crippen LogP) is 5.12. The van der Waals surface area contributed by atoms with E-state index < -0.39 is 0 Å². The van der Waals surface area contributed by atoms with E-state index in [1.165, 1.54) is 11.1 Å². The first-order chi connectivity index (χ1) is 15.0. The van der Waals surface area contributed by atoms with Crippen LogP contribution < -0.4 is 10.7 Å². The van der Waals surface area contributed by atoms with Gasteiger partial charge in [0.2, 0.25) is 0 Å². The van der Waals surface area contributed by atoms with Crippen LogP contribution in [-0.4, -0.2) is 22.6 Å². The van der Waals surface area contributed by atoms with Crippen molar-refractivity contribution in [2.45, 2.75) is 52.0 Å². The third-order valence-electron chi connectivity index (χ3n) is 6.81. The van der Waals surface area contributed by atoms with Crippen LogP contribution in [0, 0.1) is 11.3 Å². The Bertz CT molecular complexity index is 1410. The zero-order valence-corrected chi connectivity index (χ0v) is 18.4. The van der Waals surface area contributed by atoms with Gasteiger partial charge in [0, 0.05) is 22.3 Å². The molecule has 0 saturated carbocycles. The molecule has 1 saturated heterocycles. The second-order valence-corrected chi connectivity index (χ2v) is 8.96. The first kappa shape index (κ1) is 19.8. The molecule has 2 aromatic heterocycles. The SMILES string of the molecule is CCc1cc2c(=O)c3c4ccc(C#N)cc4[nH]c3n(C(C)C)c2cc1C1CCNCC1. The number of hydrogen-bond acceptors (Lipinski definition) is 3. The molecule has 31 heavy (non-hydrogen) atoms. The summed E-state index contributed by atoms with van der Waals surface area (Å²) in [5.74, 6) is 0.535. The molecule has 5 heteroatoms. The molecule has 0 spiro atoms. The molecule has 0 unspecified atom stereocenters. The fourth-order valence-corrected chi connectivity index (χ4v) is 5.30. The number of rotatable bonds is 3. The summed E-state index contributed by atoms with van der Waals surface area (Å²) in [6.07, 6.45) is 3.19. The molecule has 5 nitrogen and oxygen atoms in total. The average Bonchev–Trinajstić information content (AvgIpc) is 3.17. The summed E-state index contributed by atoms with van der Waals surface area (Å²) in [6, 6.07) is 12.3. The lowest BCUT2D eigenvalue weighted by Gasteiger charge is -2.26. The van der Waals surface area contributed by atoms with Crippen LogP contribution in [0.25, 0.3) is 32.8 Å². The maximum absolute atomic E-state index is 13.7. The van der Waals surface area contributed by atoms with Gasteiger partial charge in [0.25, 0.3) is 0 Å². The third kappa shape index (κ3) is 3.05. The number of fused-ring (bicyclic) bond motifs is 4. The largest absolute Gasteiger partial charge is 0.340 e. The van der Waals surface area contributed by atoms with Gasteiger partial charge in [0.15, 0.2) is 5.43 Å². The molecule has 0 radical (unpaired) electrons. The van der Waals surface area contributed by atoms with Gasteiger partial charge in [0.1, 0.15) is 5.65 Å². The number of hydrogen-bond donors (Lipinski definition) is 2. The summed E-state index contributed by atoms with van der Waals surface area (Å²) in [7, 11) is 0. The summed E-state index contributed by atoms with van der Waals surface area (Å²) in [5.41, 5.74) is 6.04. The molecule has 0 bridgehead atoms. The molecule has 0 aliphatic carbocycles. The number of nitrogens with one attached hydrogen (secondary N) is 2. The number of benzene rings is 2. The van der Waals surface area contributed by atoms with Crippen LogP contribution in [0.2, 0.25) is 0 Å². The summed E-state index contributed by atoms with van der Waals surface area (Å²) in [5, 5.41) is 15.2. The molecular formula is C26H28N4O. The van der Waals surface area contributed by atoms with Gasteiger partial charge in [-0.25, -0.2) is 0 Å². The van der Waals surface area contributed by atoms with E-state index >= 15 is 0 Å². The van der Waals surface area contributed by atoms with E-state index in [4.69, 9.17) is 0 Å². The second kappa shape index (κ2) is 7.55. The number of pyridine rings is 1. The maximum atomic E-state index is 13.7.